The average molecular weight is 469 g/mol. The van der Waals surface area contributed by atoms with Crippen molar-refractivity contribution in [2.75, 3.05) is 26.2 Å². The number of carbonyl (C=O) groups is 1. The van der Waals surface area contributed by atoms with Crippen molar-refractivity contribution in [1.82, 2.24) is 30.4 Å². The number of carbonyl (C=O) groups excluding carboxylic acids is 1. The monoisotopic (exact) mass is 468 g/mol. The second kappa shape index (κ2) is 9.77. The van der Waals surface area contributed by atoms with E-state index in [1.54, 1.807) is 12.4 Å². The van der Waals surface area contributed by atoms with Gasteiger partial charge < -0.3 is 10.2 Å². The Morgan fingerprint density at radius 1 is 1.25 bits per heavy atom. The highest BCUT2D eigenvalue weighted by Crippen LogP contribution is 2.38. The maximum atomic E-state index is 13.1. The predicted molar refractivity (Wildman–Crippen MR) is 130 cm³/mol. The van der Waals surface area contributed by atoms with Crippen molar-refractivity contribution in [2.45, 2.75) is 20.8 Å². The van der Waals surface area contributed by atoms with Crippen molar-refractivity contribution in [3.8, 4) is 21.1 Å². The average Bonchev–Trinajstić information content (AvgIpc) is 3.44. The highest BCUT2D eigenvalue weighted by Gasteiger charge is 2.23. The minimum absolute atomic E-state index is 0.193. The van der Waals surface area contributed by atoms with Crippen LogP contribution >= 0.6 is 22.9 Å². The van der Waals surface area contributed by atoms with Gasteiger partial charge in [-0.1, -0.05) is 31.5 Å². The first-order valence-corrected chi connectivity index (χ1v) is 11.8. The molecule has 2 N–H and O–H groups in total. The molecule has 1 amide bonds. The minimum Gasteiger partial charge on any atom is -0.349 e. The number of aromatic nitrogens is 4. The van der Waals surface area contributed by atoms with E-state index in [0.29, 0.717) is 22.3 Å². The molecule has 0 radical (unpaired) electrons. The van der Waals surface area contributed by atoms with Crippen molar-refractivity contribution >= 4 is 39.7 Å². The number of thiazole rings is 1. The molecule has 0 aliphatic heterocycles. The molecule has 7 nitrogen and oxygen atoms in total. The third kappa shape index (κ3) is 4.39. The molecule has 0 fully saturated rings. The van der Waals surface area contributed by atoms with Gasteiger partial charge in [0.1, 0.15) is 16.4 Å². The van der Waals surface area contributed by atoms with Gasteiger partial charge >= 0.3 is 0 Å². The van der Waals surface area contributed by atoms with Crippen LogP contribution in [0.1, 0.15) is 29.9 Å². The largest absolute Gasteiger partial charge is 0.349 e. The van der Waals surface area contributed by atoms with Crippen LogP contribution in [0, 0.1) is 6.92 Å². The fraction of sp³-hybridized carbons (Fsp3) is 0.304. The zero-order chi connectivity index (χ0) is 22.7. The normalized spacial score (nSPS) is 11.4. The topological polar surface area (TPSA) is 86.8 Å². The van der Waals surface area contributed by atoms with E-state index >= 15 is 0 Å². The van der Waals surface area contributed by atoms with Gasteiger partial charge in [-0.2, -0.15) is 5.10 Å². The van der Waals surface area contributed by atoms with Gasteiger partial charge in [0.25, 0.3) is 5.91 Å². The maximum absolute atomic E-state index is 13.1. The number of nitrogens with one attached hydrogen (secondary N) is 2. The van der Waals surface area contributed by atoms with Gasteiger partial charge in [-0.25, -0.2) is 4.98 Å². The molecular formula is C23H25ClN6OS. The molecule has 4 aromatic rings. The summed E-state index contributed by atoms with van der Waals surface area (Å²) in [6, 6.07) is 7.58. The van der Waals surface area contributed by atoms with Crippen LogP contribution in [0.2, 0.25) is 5.02 Å². The van der Waals surface area contributed by atoms with Crippen LogP contribution in [-0.4, -0.2) is 57.2 Å². The first kappa shape index (κ1) is 22.4. The maximum Gasteiger partial charge on any atom is 0.271 e. The lowest BCUT2D eigenvalue weighted by molar-refractivity contribution is 0.0945. The number of amides is 1. The molecule has 0 saturated carbocycles. The molecule has 0 aliphatic rings. The van der Waals surface area contributed by atoms with Crippen LogP contribution in [0.5, 0.6) is 0 Å². The van der Waals surface area contributed by atoms with Crippen LogP contribution in [0.25, 0.3) is 32.0 Å². The van der Waals surface area contributed by atoms with Crippen LogP contribution in [0.15, 0.2) is 36.7 Å². The highest BCUT2D eigenvalue weighted by atomic mass is 35.5. The molecule has 0 atom stereocenters. The van der Waals surface area contributed by atoms with E-state index in [1.165, 1.54) is 11.3 Å². The van der Waals surface area contributed by atoms with E-state index in [2.05, 4.69) is 39.2 Å². The van der Waals surface area contributed by atoms with E-state index in [-0.39, 0.29) is 5.91 Å². The van der Waals surface area contributed by atoms with Crippen molar-refractivity contribution < 1.29 is 4.79 Å². The highest BCUT2D eigenvalue weighted by molar-refractivity contribution is 7.18. The SMILES string of the molecule is CCN(CC)CCNC(=O)c1nc(-c2[nH]nc3c(C)c(Cl)ccc23)sc1-c1cccnc1. The summed E-state index contributed by atoms with van der Waals surface area (Å²) in [6.45, 7) is 9.42. The van der Waals surface area contributed by atoms with E-state index in [4.69, 9.17) is 16.6 Å². The lowest BCUT2D eigenvalue weighted by Crippen LogP contribution is -2.35. The van der Waals surface area contributed by atoms with Crippen LogP contribution in [0.4, 0.5) is 0 Å². The number of benzene rings is 1. The Morgan fingerprint density at radius 3 is 2.78 bits per heavy atom. The first-order valence-electron chi connectivity index (χ1n) is 10.6. The number of nitrogens with zero attached hydrogens (tertiary/aromatic N) is 4. The third-order valence-electron chi connectivity index (χ3n) is 5.50. The van der Waals surface area contributed by atoms with Gasteiger partial charge in [0.05, 0.1) is 10.4 Å². The number of aryl methyl sites for hydroxylation is 1. The molecule has 3 heterocycles. The Bertz CT molecular complexity index is 1230. The molecule has 1 aromatic carbocycles. The molecule has 4 rings (SSSR count). The molecule has 0 aliphatic carbocycles. The number of hydrogen-bond acceptors (Lipinski definition) is 6. The molecule has 0 bridgehead atoms. The number of aromatic amines is 1. The quantitative estimate of drug-likeness (QED) is 0.388. The molecule has 32 heavy (non-hydrogen) atoms. The molecule has 166 valence electrons. The zero-order valence-corrected chi connectivity index (χ0v) is 19.8. The molecule has 0 saturated heterocycles. The Kier molecular flexibility index (Phi) is 6.83. The summed E-state index contributed by atoms with van der Waals surface area (Å²) >= 11 is 7.70. The van der Waals surface area contributed by atoms with Crippen LogP contribution < -0.4 is 5.32 Å². The summed E-state index contributed by atoms with van der Waals surface area (Å²) < 4.78 is 0. The van der Waals surface area contributed by atoms with Crippen molar-refractivity contribution in [1.29, 1.82) is 0 Å². The number of hydrogen-bond donors (Lipinski definition) is 2. The van der Waals surface area contributed by atoms with Crippen molar-refractivity contribution in [2.24, 2.45) is 0 Å². The van der Waals surface area contributed by atoms with Gasteiger partial charge in [0.2, 0.25) is 0 Å². The van der Waals surface area contributed by atoms with Crippen LogP contribution in [-0.2, 0) is 0 Å². The number of likely N-dealkylation sites (N-methyl/N-ethyl adjacent to an activating group) is 1. The summed E-state index contributed by atoms with van der Waals surface area (Å²) in [5, 5.41) is 12.8. The second-order valence-corrected chi connectivity index (χ2v) is 8.79. The van der Waals surface area contributed by atoms with E-state index < -0.39 is 0 Å². The summed E-state index contributed by atoms with van der Waals surface area (Å²) in [5.74, 6) is -0.193. The Labute approximate surface area is 195 Å². The number of H-pyrrole nitrogens is 1. The number of pyridine rings is 1. The summed E-state index contributed by atoms with van der Waals surface area (Å²) in [5.41, 5.74) is 3.73. The standard InChI is InChI=1S/C23H25ClN6OS/c1-4-30(5-2)12-11-26-22(31)20-21(15-7-6-10-25-13-15)32-23(27-20)19-16-8-9-17(24)14(3)18(16)28-29-19/h6-10,13H,4-5,11-12H2,1-3H3,(H,26,31)(H,28,29). The van der Waals surface area contributed by atoms with Crippen LogP contribution in [0.3, 0.4) is 0 Å². The van der Waals surface area contributed by atoms with Gasteiger partial charge in [0.15, 0.2) is 0 Å². The Balaban J connectivity index is 1.71. The Hall–Kier alpha value is -2.81. The number of fused-ring (bicyclic) bond motifs is 1. The molecule has 0 unspecified atom stereocenters. The van der Waals surface area contributed by atoms with Crippen molar-refractivity contribution in [3.63, 3.8) is 0 Å². The Morgan fingerprint density at radius 2 is 2.06 bits per heavy atom. The van der Waals surface area contributed by atoms with Gasteiger partial charge in [0, 0.05) is 41.5 Å². The van der Waals surface area contributed by atoms with E-state index in [1.807, 2.05) is 31.2 Å². The molecule has 9 heteroatoms. The number of rotatable bonds is 8. The summed E-state index contributed by atoms with van der Waals surface area (Å²) in [7, 11) is 0. The number of halogens is 1. The molecular weight excluding hydrogens is 444 g/mol. The molecule has 0 spiro atoms. The third-order valence-corrected chi connectivity index (χ3v) is 7.03. The predicted octanol–water partition coefficient (Wildman–Crippen LogP) is 4.78. The van der Waals surface area contributed by atoms with Gasteiger partial charge in [-0.05, 0) is 43.8 Å². The zero-order valence-electron chi connectivity index (χ0n) is 18.3. The van der Waals surface area contributed by atoms with E-state index in [0.717, 1.165) is 52.2 Å². The summed E-state index contributed by atoms with van der Waals surface area (Å²) in [6.07, 6.45) is 3.46. The van der Waals surface area contributed by atoms with Gasteiger partial charge in [-0.3, -0.25) is 14.9 Å². The summed E-state index contributed by atoms with van der Waals surface area (Å²) in [4.78, 5) is 25.1. The van der Waals surface area contributed by atoms with Crippen molar-refractivity contribution in [3.05, 3.63) is 52.9 Å². The lowest BCUT2D eigenvalue weighted by Gasteiger charge is -2.17. The fourth-order valence-corrected chi connectivity index (χ4v) is 4.80. The molecule has 3 aromatic heterocycles. The van der Waals surface area contributed by atoms with E-state index in [9.17, 15) is 4.79 Å². The second-order valence-electron chi connectivity index (χ2n) is 7.39. The minimum atomic E-state index is -0.193. The smallest absolute Gasteiger partial charge is 0.271 e. The first-order chi connectivity index (χ1) is 15.5. The lowest BCUT2D eigenvalue weighted by atomic mass is 10.1. The van der Waals surface area contributed by atoms with Gasteiger partial charge in [-0.15, -0.1) is 11.3 Å². The fourth-order valence-electron chi connectivity index (χ4n) is 3.58.